The molecular weight excluding hydrogens is 256 g/mol. The number of piperazine rings is 1. The SMILES string of the molecule is CC1(C)CN(C2CCCCCC2)C(c2ccccc2)CN1. The molecule has 1 aliphatic carbocycles. The Bertz CT molecular complexity index is 432. The van der Waals surface area contributed by atoms with Crippen molar-refractivity contribution < 1.29 is 0 Å². The van der Waals surface area contributed by atoms with Gasteiger partial charge in [0.2, 0.25) is 0 Å². The molecular formula is C19H30N2. The van der Waals surface area contributed by atoms with Gasteiger partial charge in [0.05, 0.1) is 0 Å². The maximum absolute atomic E-state index is 3.75. The van der Waals surface area contributed by atoms with Gasteiger partial charge in [0.15, 0.2) is 0 Å². The third-order valence-electron chi connectivity index (χ3n) is 5.23. The monoisotopic (exact) mass is 286 g/mol. The Balaban J connectivity index is 1.83. The van der Waals surface area contributed by atoms with Crippen LogP contribution in [0.5, 0.6) is 0 Å². The summed E-state index contributed by atoms with van der Waals surface area (Å²) in [6.45, 7) is 6.93. The van der Waals surface area contributed by atoms with Gasteiger partial charge in [-0.2, -0.15) is 0 Å². The highest BCUT2D eigenvalue weighted by Gasteiger charge is 2.36. The van der Waals surface area contributed by atoms with E-state index in [0.717, 1.165) is 19.1 Å². The molecule has 0 amide bonds. The maximum Gasteiger partial charge on any atom is 0.0476 e. The third kappa shape index (κ3) is 3.67. The van der Waals surface area contributed by atoms with Gasteiger partial charge in [0.25, 0.3) is 0 Å². The standard InChI is InChI=1S/C19H30N2/c1-19(2)15-21(17-12-8-3-4-9-13-17)18(14-20-19)16-10-6-5-7-11-16/h5-7,10-11,17-18,20H,3-4,8-9,12-15H2,1-2H3. The molecule has 21 heavy (non-hydrogen) atoms. The van der Waals surface area contributed by atoms with E-state index in [9.17, 15) is 0 Å². The Morgan fingerprint density at radius 2 is 1.67 bits per heavy atom. The average Bonchev–Trinajstić information content (AvgIpc) is 2.76. The van der Waals surface area contributed by atoms with Crippen molar-refractivity contribution in [1.29, 1.82) is 0 Å². The fourth-order valence-electron chi connectivity index (χ4n) is 4.07. The summed E-state index contributed by atoms with van der Waals surface area (Å²) in [6, 6.07) is 12.4. The smallest absolute Gasteiger partial charge is 0.0476 e. The largest absolute Gasteiger partial charge is 0.309 e. The number of nitrogens with zero attached hydrogens (tertiary/aromatic N) is 1. The molecule has 1 saturated heterocycles. The van der Waals surface area contributed by atoms with E-state index in [-0.39, 0.29) is 5.54 Å². The van der Waals surface area contributed by atoms with Crippen molar-refractivity contribution in [2.75, 3.05) is 13.1 Å². The first-order valence-electron chi connectivity index (χ1n) is 8.71. The van der Waals surface area contributed by atoms with Gasteiger partial charge in [-0.3, -0.25) is 4.90 Å². The number of hydrogen-bond acceptors (Lipinski definition) is 2. The van der Waals surface area contributed by atoms with Crippen molar-refractivity contribution in [3.05, 3.63) is 35.9 Å². The first-order chi connectivity index (χ1) is 10.2. The van der Waals surface area contributed by atoms with Crippen LogP contribution >= 0.6 is 0 Å². The highest BCUT2D eigenvalue weighted by molar-refractivity contribution is 5.21. The van der Waals surface area contributed by atoms with Crippen molar-refractivity contribution in [1.82, 2.24) is 10.2 Å². The maximum atomic E-state index is 3.75. The molecule has 1 N–H and O–H groups in total. The predicted molar refractivity (Wildman–Crippen MR) is 89.5 cm³/mol. The summed E-state index contributed by atoms with van der Waals surface area (Å²) in [4.78, 5) is 2.82. The van der Waals surface area contributed by atoms with Crippen LogP contribution < -0.4 is 5.32 Å². The van der Waals surface area contributed by atoms with E-state index in [1.807, 2.05) is 0 Å². The van der Waals surface area contributed by atoms with Crippen LogP contribution in [0.15, 0.2) is 30.3 Å². The minimum absolute atomic E-state index is 0.234. The topological polar surface area (TPSA) is 15.3 Å². The average molecular weight is 286 g/mol. The molecule has 1 unspecified atom stereocenters. The van der Waals surface area contributed by atoms with E-state index in [0.29, 0.717) is 6.04 Å². The Morgan fingerprint density at radius 3 is 2.33 bits per heavy atom. The number of rotatable bonds is 2. The molecule has 1 aromatic carbocycles. The van der Waals surface area contributed by atoms with Crippen LogP contribution in [0, 0.1) is 0 Å². The first-order valence-corrected chi connectivity index (χ1v) is 8.71. The van der Waals surface area contributed by atoms with Crippen LogP contribution in [-0.4, -0.2) is 29.6 Å². The van der Waals surface area contributed by atoms with Gasteiger partial charge in [-0.25, -0.2) is 0 Å². The van der Waals surface area contributed by atoms with Crippen LogP contribution in [0.2, 0.25) is 0 Å². The van der Waals surface area contributed by atoms with Gasteiger partial charge in [0.1, 0.15) is 0 Å². The van der Waals surface area contributed by atoms with E-state index in [2.05, 4.69) is 54.4 Å². The zero-order valence-corrected chi connectivity index (χ0v) is 13.6. The van der Waals surface area contributed by atoms with Gasteiger partial charge >= 0.3 is 0 Å². The van der Waals surface area contributed by atoms with E-state index in [1.165, 1.54) is 44.1 Å². The van der Waals surface area contributed by atoms with Crippen molar-refractivity contribution >= 4 is 0 Å². The Morgan fingerprint density at radius 1 is 1.00 bits per heavy atom. The minimum Gasteiger partial charge on any atom is -0.309 e. The van der Waals surface area contributed by atoms with E-state index >= 15 is 0 Å². The van der Waals surface area contributed by atoms with Gasteiger partial charge in [-0.05, 0) is 32.3 Å². The highest BCUT2D eigenvalue weighted by atomic mass is 15.3. The second-order valence-corrected chi connectivity index (χ2v) is 7.51. The van der Waals surface area contributed by atoms with Crippen LogP contribution in [0.25, 0.3) is 0 Å². The molecule has 116 valence electrons. The molecule has 2 heteroatoms. The summed E-state index contributed by atoms with van der Waals surface area (Å²) < 4.78 is 0. The van der Waals surface area contributed by atoms with Gasteiger partial charge in [0, 0.05) is 30.7 Å². The quantitative estimate of drug-likeness (QED) is 0.822. The molecule has 0 aromatic heterocycles. The van der Waals surface area contributed by atoms with E-state index in [4.69, 9.17) is 0 Å². The number of benzene rings is 1. The number of hydrogen-bond donors (Lipinski definition) is 1. The summed E-state index contributed by atoms with van der Waals surface area (Å²) in [5, 5.41) is 3.75. The Labute approximate surface area is 129 Å². The molecule has 0 bridgehead atoms. The lowest BCUT2D eigenvalue weighted by Gasteiger charge is -2.48. The molecule has 2 fully saturated rings. The zero-order valence-electron chi connectivity index (χ0n) is 13.6. The lowest BCUT2D eigenvalue weighted by Crippen LogP contribution is -2.60. The molecule has 0 spiro atoms. The van der Waals surface area contributed by atoms with Gasteiger partial charge < -0.3 is 5.32 Å². The summed E-state index contributed by atoms with van der Waals surface area (Å²) in [7, 11) is 0. The van der Waals surface area contributed by atoms with Crippen LogP contribution in [0.3, 0.4) is 0 Å². The first kappa shape index (κ1) is 15.1. The molecule has 0 radical (unpaired) electrons. The second-order valence-electron chi connectivity index (χ2n) is 7.51. The zero-order chi connectivity index (χ0) is 14.7. The molecule has 1 atom stereocenters. The minimum atomic E-state index is 0.234. The molecule has 2 nitrogen and oxygen atoms in total. The van der Waals surface area contributed by atoms with Crippen molar-refractivity contribution in [3.8, 4) is 0 Å². The normalized spacial score (nSPS) is 28.2. The Kier molecular flexibility index (Phi) is 4.66. The summed E-state index contributed by atoms with van der Waals surface area (Å²) in [5.41, 5.74) is 1.71. The fraction of sp³-hybridized carbons (Fsp3) is 0.684. The summed E-state index contributed by atoms with van der Waals surface area (Å²) in [6.07, 6.45) is 8.47. The van der Waals surface area contributed by atoms with Gasteiger partial charge in [-0.1, -0.05) is 56.0 Å². The van der Waals surface area contributed by atoms with E-state index < -0.39 is 0 Å². The summed E-state index contributed by atoms with van der Waals surface area (Å²) in [5.74, 6) is 0. The lowest BCUT2D eigenvalue weighted by atomic mass is 9.91. The van der Waals surface area contributed by atoms with Crippen LogP contribution in [0.1, 0.15) is 64.0 Å². The summed E-state index contributed by atoms with van der Waals surface area (Å²) >= 11 is 0. The highest BCUT2D eigenvalue weighted by Crippen LogP contribution is 2.33. The lowest BCUT2D eigenvalue weighted by molar-refractivity contribution is 0.0465. The van der Waals surface area contributed by atoms with Crippen molar-refractivity contribution in [3.63, 3.8) is 0 Å². The van der Waals surface area contributed by atoms with Gasteiger partial charge in [-0.15, -0.1) is 0 Å². The van der Waals surface area contributed by atoms with Crippen molar-refractivity contribution in [2.45, 2.75) is 70.0 Å². The molecule has 3 rings (SSSR count). The predicted octanol–water partition coefficient (Wildman–Crippen LogP) is 4.13. The van der Waals surface area contributed by atoms with Crippen LogP contribution in [-0.2, 0) is 0 Å². The van der Waals surface area contributed by atoms with Crippen LogP contribution in [0.4, 0.5) is 0 Å². The third-order valence-corrected chi connectivity index (χ3v) is 5.23. The fourth-order valence-corrected chi connectivity index (χ4v) is 4.07. The second kappa shape index (κ2) is 6.50. The molecule has 2 aliphatic rings. The van der Waals surface area contributed by atoms with E-state index in [1.54, 1.807) is 0 Å². The molecule has 1 saturated carbocycles. The molecule has 1 aromatic rings. The Hall–Kier alpha value is -0.860. The number of nitrogens with one attached hydrogen (secondary N) is 1. The van der Waals surface area contributed by atoms with Crippen molar-refractivity contribution in [2.24, 2.45) is 0 Å². The molecule has 1 heterocycles. The molecule has 1 aliphatic heterocycles.